The Kier molecular flexibility index (Phi) is 4.54. The average Bonchev–Trinajstić information content (AvgIpc) is 2.84. The minimum atomic E-state index is -0.388. The van der Waals surface area contributed by atoms with Crippen molar-refractivity contribution in [2.75, 3.05) is 14.2 Å². The molecule has 102 valence electrons. The Hall–Kier alpha value is -0.980. The van der Waals surface area contributed by atoms with Crippen molar-refractivity contribution in [3.05, 3.63) is 44.7 Å². The van der Waals surface area contributed by atoms with Crippen molar-refractivity contribution in [1.29, 1.82) is 0 Å². The predicted octanol–water partition coefficient (Wildman–Crippen LogP) is 3.87. The van der Waals surface area contributed by atoms with Crippen LogP contribution >= 0.6 is 31.9 Å². The average molecular weight is 391 g/mol. The highest BCUT2D eigenvalue weighted by Crippen LogP contribution is 2.37. The molecule has 0 saturated heterocycles. The van der Waals surface area contributed by atoms with Crippen LogP contribution < -0.4 is 15.2 Å². The molecule has 1 unspecified atom stereocenters. The summed E-state index contributed by atoms with van der Waals surface area (Å²) in [4.78, 5) is 0. The van der Waals surface area contributed by atoms with Crippen molar-refractivity contribution < 1.29 is 13.9 Å². The van der Waals surface area contributed by atoms with Gasteiger partial charge in [-0.15, -0.1) is 0 Å². The maximum absolute atomic E-state index is 6.20. The molecule has 1 atom stereocenters. The van der Waals surface area contributed by atoms with Crippen molar-refractivity contribution in [1.82, 2.24) is 0 Å². The van der Waals surface area contributed by atoms with Gasteiger partial charge in [0.1, 0.15) is 5.76 Å². The van der Waals surface area contributed by atoms with Gasteiger partial charge in [0, 0.05) is 4.47 Å². The maximum atomic E-state index is 6.20. The summed E-state index contributed by atoms with van der Waals surface area (Å²) in [7, 11) is 3.18. The van der Waals surface area contributed by atoms with E-state index in [1.807, 2.05) is 24.3 Å². The topological polar surface area (TPSA) is 57.6 Å². The fourth-order valence-electron chi connectivity index (χ4n) is 1.76. The molecule has 0 fully saturated rings. The van der Waals surface area contributed by atoms with E-state index in [1.165, 1.54) is 0 Å². The van der Waals surface area contributed by atoms with Crippen molar-refractivity contribution >= 4 is 31.9 Å². The quantitative estimate of drug-likeness (QED) is 0.860. The van der Waals surface area contributed by atoms with Crippen molar-refractivity contribution in [2.45, 2.75) is 6.04 Å². The van der Waals surface area contributed by atoms with E-state index in [0.717, 1.165) is 10.0 Å². The van der Waals surface area contributed by atoms with Gasteiger partial charge in [0.2, 0.25) is 0 Å². The minimum Gasteiger partial charge on any atom is -0.493 e. The maximum Gasteiger partial charge on any atom is 0.169 e. The van der Waals surface area contributed by atoms with Crippen LogP contribution in [-0.2, 0) is 0 Å². The van der Waals surface area contributed by atoms with Crippen LogP contribution in [0.4, 0.5) is 0 Å². The lowest BCUT2D eigenvalue weighted by molar-refractivity contribution is 0.353. The van der Waals surface area contributed by atoms with Gasteiger partial charge in [-0.2, -0.15) is 0 Å². The lowest BCUT2D eigenvalue weighted by Gasteiger charge is -2.15. The van der Waals surface area contributed by atoms with Crippen LogP contribution in [0, 0.1) is 0 Å². The molecule has 19 heavy (non-hydrogen) atoms. The highest BCUT2D eigenvalue weighted by molar-refractivity contribution is 9.10. The van der Waals surface area contributed by atoms with Gasteiger partial charge in [0.25, 0.3) is 0 Å². The highest BCUT2D eigenvalue weighted by atomic mass is 79.9. The third-order valence-electron chi connectivity index (χ3n) is 2.74. The predicted molar refractivity (Wildman–Crippen MR) is 79.7 cm³/mol. The first-order valence-corrected chi connectivity index (χ1v) is 7.07. The normalized spacial score (nSPS) is 12.3. The summed E-state index contributed by atoms with van der Waals surface area (Å²) in [5, 5.41) is 0. The second kappa shape index (κ2) is 5.98. The molecule has 0 saturated carbocycles. The monoisotopic (exact) mass is 389 g/mol. The van der Waals surface area contributed by atoms with Crippen molar-refractivity contribution in [3.8, 4) is 11.5 Å². The molecule has 0 aliphatic heterocycles. The zero-order valence-electron chi connectivity index (χ0n) is 10.4. The highest BCUT2D eigenvalue weighted by Gasteiger charge is 2.19. The summed E-state index contributed by atoms with van der Waals surface area (Å²) < 4.78 is 17.5. The third kappa shape index (κ3) is 2.96. The molecular formula is C13H13Br2NO3. The summed E-state index contributed by atoms with van der Waals surface area (Å²) >= 11 is 6.75. The second-order valence-corrected chi connectivity index (χ2v) is 5.48. The fraction of sp³-hybridized carbons (Fsp3) is 0.231. The SMILES string of the molecule is COc1cc(Br)c(C(N)c2ccc(Br)o2)cc1OC. The molecule has 4 nitrogen and oxygen atoms in total. The Morgan fingerprint density at radius 3 is 2.26 bits per heavy atom. The minimum absolute atomic E-state index is 0.388. The van der Waals surface area contributed by atoms with Gasteiger partial charge in [0.15, 0.2) is 16.2 Å². The van der Waals surface area contributed by atoms with Crippen molar-refractivity contribution in [3.63, 3.8) is 0 Å². The summed E-state index contributed by atoms with van der Waals surface area (Å²) in [6.45, 7) is 0. The molecule has 1 aromatic heterocycles. The summed E-state index contributed by atoms with van der Waals surface area (Å²) in [5.41, 5.74) is 7.07. The number of nitrogens with two attached hydrogens (primary N) is 1. The number of hydrogen-bond donors (Lipinski definition) is 1. The number of rotatable bonds is 4. The van der Waals surface area contributed by atoms with Gasteiger partial charge in [-0.25, -0.2) is 0 Å². The van der Waals surface area contributed by atoms with Crippen LogP contribution in [0.1, 0.15) is 17.4 Å². The molecule has 1 aromatic carbocycles. The molecule has 0 aliphatic carbocycles. The number of benzene rings is 1. The van der Waals surface area contributed by atoms with Gasteiger partial charge in [-0.05, 0) is 45.8 Å². The van der Waals surface area contributed by atoms with E-state index in [4.69, 9.17) is 19.6 Å². The molecule has 0 aliphatic rings. The van der Waals surface area contributed by atoms with Gasteiger partial charge < -0.3 is 19.6 Å². The zero-order chi connectivity index (χ0) is 14.0. The van der Waals surface area contributed by atoms with Gasteiger partial charge in [-0.1, -0.05) is 15.9 Å². The number of halogens is 2. The van der Waals surface area contributed by atoms with Crippen LogP contribution in [0.2, 0.25) is 0 Å². The Bertz CT molecular complexity index is 583. The Balaban J connectivity index is 2.44. The van der Waals surface area contributed by atoms with Gasteiger partial charge >= 0.3 is 0 Å². The molecule has 1 heterocycles. The first kappa shape index (κ1) is 14.4. The first-order valence-electron chi connectivity index (χ1n) is 5.49. The molecule has 2 aromatic rings. The van der Waals surface area contributed by atoms with Crippen LogP contribution in [0.3, 0.4) is 0 Å². The van der Waals surface area contributed by atoms with E-state index >= 15 is 0 Å². The third-order valence-corrected chi connectivity index (χ3v) is 3.85. The second-order valence-electron chi connectivity index (χ2n) is 3.85. The number of hydrogen-bond acceptors (Lipinski definition) is 4. The van der Waals surface area contributed by atoms with Gasteiger partial charge in [-0.3, -0.25) is 0 Å². The standard InChI is InChI=1S/C13H13Br2NO3/c1-17-10-5-7(8(14)6-11(10)18-2)13(16)9-3-4-12(15)19-9/h3-6,13H,16H2,1-2H3. The van der Waals surface area contributed by atoms with Crippen LogP contribution in [0.5, 0.6) is 11.5 Å². The van der Waals surface area contributed by atoms with E-state index in [-0.39, 0.29) is 6.04 Å². The lowest BCUT2D eigenvalue weighted by atomic mass is 10.0. The smallest absolute Gasteiger partial charge is 0.169 e. The molecule has 0 amide bonds. The molecule has 2 N–H and O–H groups in total. The van der Waals surface area contributed by atoms with E-state index in [0.29, 0.717) is 21.9 Å². The van der Waals surface area contributed by atoms with Crippen molar-refractivity contribution in [2.24, 2.45) is 5.73 Å². The zero-order valence-corrected chi connectivity index (χ0v) is 13.6. The van der Waals surface area contributed by atoms with Crippen LogP contribution in [0.25, 0.3) is 0 Å². The summed E-state index contributed by atoms with van der Waals surface area (Å²) in [5.74, 6) is 1.94. The number of ether oxygens (including phenoxy) is 2. The molecular weight excluding hydrogens is 378 g/mol. The Morgan fingerprint density at radius 2 is 1.74 bits per heavy atom. The number of methoxy groups -OCH3 is 2. The fourth-order valence-corrected chi connectivity index (χ4v) is 2.65. The van der Waals surface area contributed by atoms with E-state index < -0.39 is 0 Å². The van der Waals surface area contributed by atoms with E-state index in [2.05, 4.69) is 31.9 Å². The summed E-state index contributed by atoms with van der Waals surface area (Å²) in [6, 6.07) is 6.91. The van der Waals surface area contributed by atoms with Crippen LogP contribution in [0.15, 0.2) is 37.8 Å². The molecule has 0 bridgehead atoms. The Morgan fingerprint density at radius 1 is 1.11 bits per heavy atom. The first-order chi connectivity index (χ1) is 9.06. The lowest BCUT2D eigenvalue weighted by Crippen LogP contribution is -2.12. The molecule has 2 rings (SSSR count). The molecule has 6 heteroatoms. The van der Waals surface area contributed by atoms with E-state index in [9.17, 15) is 0 Å². The number of furan rings is 1. The van der Waals surface area contributed by atoms with Gasteiger partial charge in [0.05, 0.1) is 20.3 Å². The van der Waals surface area contributed by atoms with Crippen LogP contribution in [-0.4, -0.2) is 14.2 Å². The molecule has 0 spiro atoms. The van der Waals surface area contributed by atoms with E-state index in [1.54, 1.807) is 14.2 Å². The summed E-state index contributed by atoms with van der Waals surface area (Å²) in [6.07, 6.45) is 0. The molecule has 0 radical (unpaired) electrons. The largest absolute Gasteiger partial charge is 0.493 e. The Labute approximate surface area is 128 Å².